The summed E-state index contributed by atoms with van der Waals surface area (Å²) in [6.45, 7) is 22.4. The number of hydrogen-bond acceptors (Lipinski definition) is 2. The van der Waals surface area contributed by atoms with E-state index in [1.807, 2.05) is 0 Å². The third-order valence-corrected chi connectivity index (χ3v) is 16.5. The normalized spacial score (nSPS) is 12.1. The van der Waals surface area contributed by atoms with Gasteiger partial charge in [0.15, 0.2) is 0 Å². The minimum Gasteiger partial charge on any atom is -0.362 e. The lowest BCUT2D eigenvalue weighted by molar-refractivity contribution is 1.03. The molecule has 78 heavy (non-hydrogen) atoms. The van der Waals surface area contributed by atoms with Gasteiger partial charge in [-0.2, -0.15) is 0 Å². The van der Waals surface area contributed by atoms with Crippen LogP contribution >= 0.6 is 0 Å². The lowest BCUT2D eigenvalue weighted by atomic mass is 9.87. The minimum atomic E-state index is 0.967. The van der Waals surface area contributed by atoms with Crippen LogP contribution in [0.5, 0.6) is 0 Å². The Balaban J connectivity index is 1.29. The molecular formula is C76H76N2. The van der Waals surface area contributed by atoms with Crippen molar-refractivity contribution in [3.63, 3.8) is 0 Å². The van der Waals surface area contributed by atoms with Crippen molar-refractivity contribution in [3.05, 3.63) is 255 Å². The second kappa shape index (κ2) is 23.6. The van der Waals surface area contributed by atoms with Crippen LogP contribution in [0.2, 0.25) is 0 Å². The van der Waals surface area contributed by atoms with Gasteiger partial charge in [-0.15, -0.1) is 0 Å². The fraction of sp³-hybridized carbons (Fsp3) is 0.211. The highest BCUT2D eigenvalue weighted by atomic mass is 15.1. The summed E-state index contributed by atoms with van der Waals surface area (Å²) < 4.78 is 0. The van der Waals surface area contributed by atoms with Crippen LogP contribution in [0.25, 0.3) is 71.1 Å². The average molecular weight is 1020 g/mol. The highest BCUT2D eigenvalue weighted by molar-refractivity contribution is 6.29. The Morgan fingerprint density at radius 1 is 0.436 bits per heavy atom. The molecule has 2 nitrogen and oxygen atoms in total. The summed E-state index contributed by atoms with van der Waals surface area (Å²) in [6.07, 6.45) is 14.8. The third-order valence-electron chi connectivity index (χ3n) is 16.5. The van der Waals surface area contributed by atoms with E-state index in [2.05, 4.69) is 280 Å². The molecule has 0 saturated carbocycles. The molecule has 10 aromatic rings. The van der Waals surface area contributed by atoms with E-state index in [1.165, 1.54) is 121 Å². The van der Waals surface area contributed by atoms with Crippen LogP contribution in [0.3, 0.4) is 0 Å². The topological polar surface area (TPSA) is 15.3 Å². The lowest BCUT2D eigenvalue weighted by Gasteiger charge is -2.30. The average Bonchev–Trinajstić information content (AvgIpc) is 3.63. The van der Waals surface area contributed by atoms with Gasteiger partial charge in [-0.05, 0) is 236 Å². The Bertz CT molecular complexity index is 4070. The number of rotatable bonds is 15. The summed E-state index contributed by atoms with van der Waals surface area (Å²) in [5.74, 6) is 0. The van der Waals surface area contributed by atoms with Gasteiger partial charge >= 0.3 is 0 Å². The smallest absolute Gasteiger partial charge is 0.0546 e. The predicted octanol–water partition coefficient (Wildman–Crippen LogP) is 21.7. The third kappa shape index (κ3) is 10.9. The van der Waals surface area contributed by atoms with Gasteiger partial charge < -0.3 is 10.2 Å². The van der Waals surface area contributed by atoms with Gasteiger partial charge in [-0.1, -0.05) is 181 Å². The van der Waals surface area contributed by atoms with E-state index in [0.717, 1.165) is 66.8 Å². The fourth-order valence-electron chi connectivity index (χ4n) is 11.5. The molecule has 0 aromatic heterocycles. The summed E-state index contributed by atoms with van der Waals surface area (Å²) in [5.41, 5.74) is 21.4. The first-order valence-corrected chi connectivity index (χ1v) is 28.7. The predicted molar refractivity (Wildman–Crippen MR) is 344 cm³/mol. The monoisotopic (exact) mass is 1020 g/mol. The maximum Gasteiger partial charge on any atom is 0.0546 e. The Hall–Kier alpha value is -8.20. The number of aryl methyl sites for hydroxylation is 8. The molecule has 0 bridgehead atoms. The Labute approximate surface area is 464 Å². The summed E-state index contributed by atoms with van der Waals surface area (Å²) in [4.78, 5) is 2.54. The molecule has 0 radical (unpaired) electrons. The van der Waals surface area contributed by atoms with E-state index in [9.17, 15) is 0 Å². The Morgan fingerprint density at radius 3 is 1.76 bits per heavy atom. The van der Waals surface area contributed by atoms with Crippen LogP contribution < -0.4 is 10.2 Å². The Kier molecular flexibility index (Phi) is 16.1. The molecule has 0 heterocycles. The molecular weight excluding hydrogens is 941 g/mol. The van der Waals surface area contributed by atoms with Gasteiger partial charge in [0, 0.05) is 34.0 Å². The summed E-state index contributed by atoms with van der Waals surface area (Å²) >= 11 is 0. The summed E-state index contributed by atoms with van der Waals surface area (Å²) in [7, 11) is 0. The van der Waals surface area contributed by atoms with Crippen molar-refractivity contribution < 1.29 is 0 Å². The summed E-state index contributed by atoms with van der Waals surface area (Å²) in [5, 5.41) is 15.8. The van der Waals surface area contributed by atoms with E-state index in [1.54, 1.807) is 0 Å². The van der Waals surface area contributed by atoms with Crippen LogP contribution in [0.15, 0.2) is 205 Å². The maximum atomic E-state index is 3.54. The van der Waals surface area contributed by atoms with Crippen LogP contribution in [-0.4, -0.2) is 0 Å². The standard InChI is InChI=1S/C76H76N2/c1-11-54-24-26-60-21-17-18-22-65(42-52(9)50(7)20-19-41-77-67-35-32-56(13-3)58(15-5)47-67)70-39-40-71-73(66-31-30-63-45-55(12-2)25-27-64(63)46-66)49-74(72-38-34-61(75(70)76(71)72)28-29-62(60)44-54)78(68-36-23-51(8)53(10)43-68)69-37-33-57(14-4)59(16-6)48-69/h17-49,77H,11-16H2,1-10H3/b18-17?,21-17?,22-18?,29-28?,41-19+,50-20-,52-42-,60-21?,61-28?,62-29?,65-22?,70-65?. The van der Waals surface area contributed by atoms with Gasteiger partial charge in [0.1, 0.15) is 0 Å². The molecule has 0 aliphatic carbocycles. The summed E-state index contributed by atoms with van der Waals surface area (Å²) in [6, 6.07) is 67.6. The molecule has 0 aliphatic rings. The number of anilines is 4. The van der Waals surface area contributed by atoms with Gasteiger partial charge in [0.2, 0.25) is 0 Å². The first-order valence-electron chi connectivity index (χ1n) is 28.7. The molecule has 0 aliphatic heterocycles. The molecule has 0 spiro atoms. The second-order valence-corrected chi connectivity index (χ2v) is 21.3. The molecule has 0 unspecified atom stereocenters. The van der Waals surface area contributed by atoms with Crippen molar-refractivity contribution in [1.82, 2.24) is 0 Å². The van der Waals surface area contributed by atoms with Crippen LogP contribution in [0.1, 0.15) is 105 Å². The van der Waals surface area contributed by atoms with E-state index in [0.29, 0.717) is 0 Å². The lowest BCUT2D eigenvalue weighted by Crippen LogP contribution is -2.12. The largest absolute Gasteiger partial charge is 0.362 e. The maximum absolute atomic E-state index is 3.54. The first-order chi connectivity index (χ1) is 38.0. The highest BCUT2D eigenvalue weighted by Gasteiger charge is 2.23. The van der Waals surface area contributed by atoms with Crippen molar-refractivity contribution in [2.75, 3.05) is 10.2 Å². The second-order valence-electron chi connectivity index (χ2n) is 21.3. The quantitative estimate of drug-likeness (QED) is 0.103. The van der Waals surface area contributed by atoms with Crippen molar-refractivity contribution >= 4 is 82.7 Å². The van der Waals surface area contributed by atoms with Crippen molar-refractivity contribution in [1.29, 1.82) is 0 Å². The van der Waals surface area contributed by atoms with Crippen molar-refractivity contribution in [3.8, 4) is 11.1 Å². The SMILES string of the molecule is CCc1ccc2ccccc(\C=C(C)/C(C)=C\C=C\Nc3ccc(CC)c(CC)c3)c3ccc4c(-c5ccc6cc(CC)ccc6c5)cc(N(c5ccc(C)c(C)c5)c5ccc(CC)c(CC)c5)c5ccc(ccc2c1)c3c45. The van der Waals surface area contributed by atoms with Crippen molar-refractivity contribution in [2.45, 2.75) is 108 Å². The zero-order valence-electron chi connectivity index (χ0n) is 47.7. The fourth-order valence-corrected chi connectivity index (χ4v) is 11.5. The molecule has 0 amide bonds. The molecule has 2 heteroatoms. The molecule has 0 saturated heterocycles. The van der Waals surface area contributed by atoms with Crippen LogP contribution in [0.4, 0.5) is 22.7 Å². The van der Waals surface area contributed by atoms with Gasteiger partial charge in [-0.25, -0.2) is 0 Å². The molecule has 0 fully saturated rings. The van der Waals surface area contributed by atoms with E-state index >= 15 is 0 Å². The molecule has 0 atom stereocenters. The van der Waals surface area contributed by atoms with E-state index in [4.69, 9.17) is 0 Å². The minimum absolute atomic E-state index is 0.967. The molecule has 1 N–H and O–H groups in total. The zero-order chi connectivity index (χ0) is 54.5. The number of allylic oxidation sites excluding steroid dienone is 4. The number of nitrogens with zero attached hydrogens (tertiary/aromatic N) is 1. The molecule has 10 aromatic carbocycles. The number of fused-ring (bicyclic) bond motifs is 2. The highest BCUT2D eigenvalue weighted by Crippen LogP contribution is 2.48. The zero-order valence-corrected chi connectivity index (χ0v) is 47.7. The van der Waals surface area contributed by atoms with Crippen molar-refractivity contribution in [2.24, 2.45) is 0 Å². The van der Waals surface area contributed by atoms with Gasteiger partial charge in [-0.3, -0.25) is 0 Å². The number of nitrogens with one attached hydrogen (secondary N) is 1. The van der Waals surface area contributed by atoms with Crippen LogP contribution in [-0.2, 0) is 38.5 Å². The number of hydrogen-bond donors (Lipinski definition) is 1. The molecule has 390 valence electrons. The van der Waals surface area contributed by atoms with Gasteiger partial charge in [0.05, 0.1) is 5.69 Å². The number of benzene rings is 9. The first kappa shape index (κ1) is 53.2. The Morgan fingerprint density at radius 2 is 1.03 bits per heavy atom. The molecule has 10 rings (SSSR count). The van der Waals surface area contributed by atoms with E-state index < -0.39 is 0 Å². The van der Waals surface area contributed by atoms with Gasteiger partial charge in [0.25, 0.3) is 0 Å². The van der Waals surface area contributed by atoms with E-state index in [-0.39, 0.29) is 0 Å². The van der Waals surface area contributed by atoms with Crippen LogP contribution in [0, 0.1) is 13.8 Å².